The van der Waals surface area contributed by atoms with E-state index in [2.05, 4.69) is 13.8 Å². The summed E-state index contributed by atoms with van der Waals surface area (Å²) < 4.78 is 9.99. The van der Waals surface area contributed by atoms with Gasteiger partial charge in [0.15, 0.2) is 0 Å². The van der Waals surface area contributed by atoms with Crippen LogP contribution in [-0.4, -0.2) is 37.7 Å². The first-order valence-corrected chi connectivity index (χ1v) is 6.68. The van der Waals surface area contributed by atoms with Gasteiger partial charge in [-0.25, -0.2) is 0 Å². The molecular formula is C15H24N2O3. The van der Waals surface area contributed by atoms with Crippen LogP contribution in [0.5, 0.6) is 5.75 Å². The number of esters is 1. The van der Waals surface area contributed by atoms with Gasteiger partial charge in [-0.3, -0.25) is 9.69 Å². The van der Waals surface area contributed by atoms with E-state index in [1.165, 1.54) is 7.11 Å². The molecule has 20 heavy (non-hydrogen) atoms. The van der Waals surface area contributed by atoms with Crippen molar-refractivity contribution in [2.24, 2.45) is 5.73 Å². The molecule has 0 aliphatic rings. The van der Waals surface area contributed by atoms with Gasteiger partial charge in [-0.1, -0.05) is 6.07 Å². The zero-order chi connectivity index (χ0) is 15.1. The second kappa shape index (κ2) is 7.87. The Labute approximate surface area is 120 Å². The van der Waals surface area contributed by atoms with Crippen molar-refractivity contribution >= 4 is 5.97 Å². The molecule has 0 radical (unpaired) electrons. The Morgan fingerprint density at radius 2 is 2.05 bits per heavy atom. The number of hydrogen-bond donors (Lipinski definition) is 1. The van der Waals surface area contributed by atoms with Crippen molar-refractivity contribution in [2.45, 2.75) is 33.0 Å². The molecule has 0 bridgehead atoms. The molecule has 5 heteroatoms. The molecule has 0 unspecified atom stereocenters. The molecule has 2 N–H and O–H groups in total. The highest BCUT2D eigenvalue weighted by atomic mass is 16.5. The minimum atomic E-state index is -0.230. The van der Waals surface area contributed by atoms with Crippen LogP contribution in [0.1, 0.15) is 25.0 Å². The van der Waals surface area contributed by atoms with Crippen LogP contribution >= 0.6 is 0 Å². The molecule has 0 heterocycles. The lowest BCUT2D eigenvalue weighted by molar-refractivity contribution is -0.142. The number of nitrogens with two attached hydrogens (primary N) is 1. The van der Waals surface area contributed by atoms with Crippen LogP contribution in [0.3, 0.4) is 0 Å². The first-order valence-electron chi connectivity index (χ1n) is 6.68. The third kappa shape index (κ3) is 4.51. The van der Waals surface area contributed by atoms with Crippen LogP contribution in [0.25, 0.3) is 0 Å². The van der Waals surface area contributed by atoms with Crippen LogP contribution in [0, 0.1) is 0 Å². The standard InChI is InChI=1S/C15H24N2O3/c1-11(2)17(10-15(18)20-4)9-12-5-6-14(19-3)13(7-12)8-16/h5-7,11H,8-10,16H2,1-4H3. The summed E-state index contributed by atoms with van der Waals surface area (Å²) in [5.41, 5.74) is 7.79. The van der Waals surface area contributed by atoms with Crippen molar-refractivity contribution in [1.82, 2.24) is 4.90 Å². The number of rotatable bonds is 7. The normalized spacial score (nSPS) is 10.9. The average Bonchev–Trinajstić information content (AvgIpc) is 2.45. The molecule has 112 valence electrons. The number of carbonyl (C=O) groups excluding carboxylic acids is 1. The fourth-order valence-corrected chi connectivity index (χ4v) is 1.98. The molecule has 0 saturated carbocycles. The number of methoxy groups -OCH3 is 2. The summed E-state index contributed by atoms with van der Waals surface area (Å²) >= 11 is 0. The Morgan fingerprint density at radius 3 is 2.55 bits per heavy atom. The van der Waals surface area contributed by atoms with E-state index < -0.39 is 0 Å². The summed E-state index contributed by atoms with van der Waals surface area (Å²) in [6.45, 7) is 5.48. The lowest BCUT2D eigenvalue weighted by Gasteiger charge is -2.25. The van der Waals surface area contributed by atoms with E-state index in [1.807, 2.05) is 23.1 Å². The fraction of sp³-hybridized carbons (Fsp3) is 0.533. The van der Waals surface area contributed by atoms with Gasteiger partial charge in [0, 0.05) is 24.7 Å². The van der Waals surface area contributed by atoms with Crippen molar-refractivity contribution < 1.29 is 14.3 Å². The van der Waals surface area contributed by atoms with Gasteiger partial charge in [0.25, 0.3) is 0 Å². The Morgan fingerprint density at radius 1 is 1.35 bits per heavy atom. The molecule has 1 aromatic carbocycles. The largest absolute Gasteiger partial charge is 0.496 e. The first kappa shape index (κ1) is 16.5. The van der Waals surface area contributed by atoms with E-state index in [4.69, 9.17) is 15.2 Å². The predicted octanol–water partition coefficient (Wildman–Crippen LogP) is 1.54. The van der Waals surface area contributed by atoms with Gasteiger partial charge in [0.1, 0.15) is 5.75 Å². The fourth-order valence-electron chi connectivity index (χ4n) is 1.98. The maximum Gasteiger partial charge on any atom is 0.319 e. The number of hydrogen-bond acceptors (Lipinski definition) is 5. The highest BCUT2D eigenvalue weighted by molar-refractivity contribution is 5.71. The molecule has 0 aliphatic heterocycles. The second-order valence-corrected chi connectivity index (χ2v) is 4.93. The lowest BCUT2D eigenvalue weighted by atomic mass is 10.1. The third-order valence-electron chi connectivity index (χ3n) is 3.24. The minimum Gasteiger partial charge on any atom is -0.496 e. The van der Waals surface area contributed by atoms with Gasteiger partial charge in [0.05, 0.1) is 20.8 Å². The van der Waals surface area contributed by atoms with E-state index in [1.54, 1.807) is 7.11 Å². The number of carbonyl (C=O) groups is 1. The van der Waals surface area contributed by atoms with E-state index in [0.29, 0.717) is 13.1 Å². The smallest absolute Gasteiger partial charge is 0.319 e. The quantitative estimate of drug-likeness (QED) is 0.767. The maximum atomic E-state index is 11.4. The Bertz CT molecular complexity index is 447. The molecule has 0 atom stereocenters. The molecule has 0 amide bonds. The van der Waals surface area contributed by atoms with E-state index in [-0.39, 0.29) is 18.6 Å². The molecular weight excluding hydrogens is 256 g/mol. The lowest BCUT2D eigenvalue weighted by Crippen LogP contribution is -2.35. The molecule has 1 aromatic rings. The van der Waals surface area contributed by atoms with Gasteiger partial charge >= 0.3 is 5.97 Å². The molecule has 0 aliphatic carbocycles. The van der Waals surface area contributed by atoms with E-state index >= 15 is 0 Å². The predicted molar refractivity (Wildman–Crippen MR) is 78.4 cm³/mol. The topological polar surface area (TPSA) is 64.8 Å². The van der Waals surface area contributed by atoms with Crippen molar-refractivity contribution in [1.29, 1.82) is 0 Å². The SMILES string of the molecule is COC(=O)CN(Cc1ccc(OC)c(CN)c1)C(C)C. The molecule has 0 fully saturated rings. The molecule has 0 spiro atoms. The van der Waals surface area contributed by atoms with Crippen LogP contribution in [0.2, 0.25) is 0 Å². The summed E-state index contributed by atoms with van der Waals surface area (Å²) in [5.74, 6) is 0.562. The van der Waals surface area contributed by atoms with Crippen LogP contribution in [0.4, 0.5) is 0 Å². The molecule has 1 rings (SSSR count). The van der Waals surface area contributed by atoms with Crippen LogP contribution in [-0.2, 0) is 22.6 Å². The molecule has 5 nitrogen and oxygen atoms in total. The summed E-state index contributed by atoms with van der Waals surface area (Å²) in [5, 5.41) is 0. The van der Waals surface area contributed by atoms with Gasteiger partial charge in [-0.05, 0) is 31.5 Å². The zero-order valence-corrected chi connectivity index (χ0v) is 12.7. The number of ether oxygens (including phenoxy) is 2. The molecule has 0 aromatic heterocycles. The average molecular weight is 280 g/mol. The highest BCUT2D eigenvalue weighted by Gasteiger charge is 2.15. The van der Waals surface area contributed by atoms with Crippen LogP contribution < -0.4 is 10.5 Å². The minimum absolute atomic E-state index is 0.230. The van der Waals surface area contributed by atoms with Crippen molar-refractivity contribution in [3.63, 3.8) is 0 Å². The summed E-state index contributed by atoms with van der Waals surface area (Å²) in [7, 11) is 3.03. The van der Waals surface area contributed by atoms with Crippen molar-refractivity contribution in [3.05, 3.63) is 29.3 Å². The van der Waals surface area contributed by atoms with E-state index in [9.17, 15) is 4.79 Å². The summed E-state index contributed by atoms with van der Waals surface area (Å²) in [4.78, 5) is 13.5. The Balaban J connectivity index is 2.85. The van der Waals surface area contributed by atoms with Crippen LogP contribution in [0.15, 0.2) is 18.2 Å². The number of benzene rings is 1. The first-order chi connectivity index (χ1) is 9.51. The monoisotopic (exact) mass is 280 g/mol. The van der Waals surface area contributed by atoms with Gasteiger partial charge in [-0.2, -0.15) is 0 Å². The van der Waals surface area contributed by atoms with Gasteiger partial charge in [-0.15, -0.1) is 0 Å². The summed E-state index contributed by atoms with van der Waals surface area (Å²) in [6.07, 6.45) is 0. The maximum absolute atomic E-state index is 11.4. The number of nitrogens with zero attached hydrogens (tertiary/aromatic N) is 1. The summed E-state index contributed by atoms with van der Waals surface area (Å²) in [6, 6.07) is 6.17. The molecule has 0 saturated heterocycles. The van der Waals surface area contributed by atoms with Crippen molar-refractivity contribution in [2.75, 3.05) is 20.8 Å². The zero-order valence-electron chi connectivity index (χ0n) is 12.7. The van der Waals surface area contributed by atoms with Gasteiger partial charge < -0.3 is 15.2 Å². The van der Waals surface area contributed by atoms with Gasteiger partial charge in [0.2, 0.25) is 0 Å². The second-order valence-electron chi connectivity index (χ2n) is 4.93. The van der Waals surface area contributed by atoms with Crippen molar-refractivity contribution in [3.8, 4) is 5.75 Å². The third-order valence-corrected chi connectivity index (χ3v) is 3.24. The Hall–Kier alpha value is -1.59. The Kier molecular flexibility index (Phi) is 6.48. The van der Waals surface area contributed by atoms with E-state index in [0.717, 1.165) is 16.9 Å². The highest BCUT2D eigenvalue weighted by Crippen LogP contribution is 2.20.